The Balaban J connectivity index is 1.39. The fraction of sp³-hybridized carbons (Fsp3) is 0.303. The number of esters is 1. The first-order valence-electron chi connectivity index (χ1n) is 15.1. The number of nitrogens with zero attached hydrogens (tertiary/aromatic N) is 2. The van der Waals surface area contributed by atoms with Crippen LogP contribution in [0.25, 0.3) is 0 Å². The first-order chi connectivity index (χ1) is 23.5. The number of rotatable bonds is 16. The van der Waals surface area contributed by atoms with Crippen molar-refractivity contribution in [3.05, 3.63) is 97.7 Å². The molecule has 1 aliphatic heterocycles. The number of methoxy groups -OCH3 is 1. The van der Waals surface area contributed by atoms with Gasteiger partial charge in [0.25, 0.3) is 5.69 Å². The number of aliphatic hydroxyl groups is 1. The molecule has 0 radical (unpaired) electrons. The Morgan fingerprint density at radius 1 is 1.06 bits per heavy atom. The molecule has 16 heteroatoms. The van der Waals surface area contributed by atoms with Crippen molar-refractivity contribution in [1.29, 1.82) is 0 Å². The van der Waals surface area contributed by atoms with Gasteiger partial charge in [-0.25, -0.2) is 9.59 Å². The number of hydrogen-bond donors (Lipinski definition) is 4. The lowest BCUT2D eigenvalue weighted by Gasteiger charge is -2.28. The van der Waals surface area contributed by atoms with E-state index in [1.54, 1.807) is 63.2 Å². The summed E-state index contributed by atoms with van der Waals surface area (Å²) in [6, 6.07) is 12.9. The molecule has 260 valence electrons. The predicted molar refractivity (Wildman–Crippen MR) is 179 cm³/mol. The van der Waals surface area contributed by atoms with Crippen LogP contribution < -0.4 is 35.0 Å². The van der Waals surface area contributed by atoms with Crippen molar-refractivity contribution in [2.45, 2.75) is 39.6 Å². The standard InChI is InChI=1S/C33H36ClN5O10/c1-5-46-26-15-22(30-29(32(41)45-4)19(3)36-33(42)37-30)9-12-25(26)48-18-28(40)38-35-16-21-13-24(34)31(27(14-21)47-6-2)49-17-20-7-10-23(11-8-20)39(43)44/h7-16,28,30,38,40H,5-6,17-18H2,1-4H3,(H2,36,37,42)/b35-16-/t28-,30+/m0/s1. The highest BCUT2D eigenvalue weighted by Gasteiger charge is 2.32. The molecule has 2 amide bonds. The summed E-state index contributed by atoms with van der Waals surface area (Å²) in [6.45, 7) is 5.73. The minimum absolute atomic E-state index is 0.0234. The normalized spacial score (nSPS) is 14.8. The first-order valence-corrected chi connectivity index (χ1v) is 15.5. The summed E-state index contributed by atoms with van der Waals surface area (Å²) in [4.78, 5) is 35.1. The molecule has 4 N–H and O–H groups in total. The van der Waals surface area contributed by atoms with E-state index in [1.165, 1.54) is 25.5 Å². The van der Waals surface area contributed by atoms with Crippen LogP contribution in [0.5, 0.6) is 23.0 Å². The van der Waals surface area contributed by atoms with Crippen LogP contribution in [0.1, 0.15) is 43.5 Å². The molecule has 2 atom stereocenters. The molecule has 3 aromatic carbocycles. The van der Waals surface area contributed by atoms with Crippen LogP contribution in [0.3, 0.4) is 0 Å². The molecule has 49 heavy (non-hydrogen) atoms. The van der Waals surface area contributed by atoms with Gasteiger partial charge in [-0.05, 0) is 73.9 Å². The third-order valence-electron chi connectivity index (χ3n) is 6.97. The third kappa shape index (κ3) is 9.52. The summed E-state index contributed by atoms with van der Waals surface area (Å²) < 4.78 is 28.0. The van der Waals surface area contributed by atoms with Crippen LogP contribution in [0, 0.1) is 10.1 Å². The molecule has 4 rings (SSSR count). The molecule has 0 aromatic heterocycles. The minimum Gasteiger partial charge on any atom is -0.490 e. The smallest absolute Gasteiger partial charge is 0.337 e. The molecule has 0 aliphatic carbocycles. The van der Waals surface area contributed by atoms with Gasteiger partial charge in [0.15, 0.2) is 29.2 Å². The van der Waals surface area contributed by atoms with Gasteiger partial charge in [-0.1, -0.05) is 17.7 Å². The van der Waals surface area contributed by atoms with Crippen molar-refractivity contribution >= 4 is 35.5 Å². The molecular formula is C33H36ClN5O10. The lowest BCUT2D eigenvalue weighted by atomic mass is 9.95. The maximum Gasteiger partial charge on any atom is 0.337 e. The number of carbonyl (C=O) groups is 2. The van der Waals surface area contributed by atoms with E-state index in [9.17, 15) is 24.8 Å². The number of nitro groups is 1. The molecule has 1 heterocycles. The van der Waals surface area contributed by atoms with E-state index in [0.29, 0.717) is 58.6 Å². The van der Waals surface area contributed by atoms with E-state index in [0.717, 1.165) is 0 Å². The van der Waals surface area contributed by atoms with Crippen molar-refractivity contribution in [3.63, 3.8) is 0 Å². The fourth-order valence-corrected chi connectivity index (χ4v) is 5.03. The number of halogens is 1. The molecule has 3 aromatic rings. The molecule has 1 aliphatic rings. The highest BCUT2D eigenvalue weighted by molar-refractivity contribution is 6.32. The molecule has 15 nitrogen and oxygen atoms in total. The average Bonchev–Trinajstić information content (AvgIpc) is 3.07. The highest BCUT2D eigenvalue weighted by atomic mass is 35.5. The van der Waals surface area contributed by atoms with E-state index in [-0.39, 0.29) is 29.5 Å². The summed E-state index contributed by atoms with van der Waals surface area (Å²) in [6.07, 6.45) is 0.205. The quantitative estimate of drug-likeness (QED) is 0.0531. The van der Waals surface area contributed by atoms with Gasteiger partial charge < -0.3 is 39.4 Å². The van der Waals surface area contributed by atoms with E-state index in [4.69, 9.17) is 35.3 Å². The number of ether oxygens (including phenoxy) is 5. The maximum atomic E-state index is 12.5. The number of allylic oxidation sites excluding steroid dienone is 1. The number of urea groups is 1. The van der Waals surface area contributed by atoms with Crippen molar-refractivity contribution in [2.24, 2.45) is 5.10 Å². The largest absolute Gasteiger partial charge is 0.490 e. The van der Waals surface area contributed by atoms with Crippen LogP contribution in [-0.2, 0) is 16.1 Å². The van der Waals surface area contributed by atoms with Gasteiger partial charge >= 0.3 is 12.0 Å². The van der Waals surface area contributed by atoms with Crippen molar-refractivity contribution in [2.75, 3.05) is 26.9 Å². The second-order valence-corrected chi connectivity index (χ2v) is 10.8. The molecule has 0 saturated heterocycles. The molecular weight excluding hydrogens is 662 g/mol. The average molecular weight is 698 g/mol. The number of hydrazone groups is 1. The zero-order chi connectivity index (χ0) is 35.5. The predicted octanol–water partition coefficient (Wildman–Crippen LogP) is 4.75. The lowest BCUT2D eigenvalue weighted by molar-refractivity contribution is -0.384. The molecule has 0 unspecified atom stereocenters. The fourth-order valence-electron chi connectivity index (χ4n) is 4.75. The van der Waals surface area contributed by atoms with Crippen molar-refractivity contribution in [1.82, 2.24) is 16.1 Å². The van der Waals surface area contributed by atoms with Crippen LogP contribution in [0.4, 0.5) is 10.5 Å². The van der Waals surface area contributed by atoms with Gasteiger partial charge in [-0.3, -0.25) is 15.5 Å². The van der Waals surface area contributed by atoms with Crippen molar-refractivity contribution in [3.8, 4) is 23.0 Å². The first kappa shape index (κ1) is 36.3. The number of non-ortho nitro benzene ring substituents is 1. The number of aliphatic hydroxyl groups excluding tert-OH is 1. The summed E-state index contributed by atoms with van der Waals surface area (Å²) in [7, 11) is 1.26. The lowest BCUT2D eigenvalue weighted by Crippen LogP contribution is -2.45. The molecule has 0 bridgehead atoms. The van der Waals surface area contributed by atoms with Gasteiger partial charge in [0.2, 0.25) is 0 Å². The Labute approximate surface area is 286 Å². The summed E-state index contributed by atoms with van der Waals surface area (Å²) in [5, 5.41) is 31.0. The number of amides is 2. The monoisotopic (exact) mass is 697 g/mol. The summed E-state index contributed by atoms with van der Waals surface area (Å²) in [5.41, 5.74) is 4.98. The Kier molecular flexibility index (Phi) is 12.6. The van der Waals surface area contributed by atoms with Crippen LogP contribution in [0.2, 0.25) is 5.02 Å². The number of benzene rings is 3. The maximum absolute atomic E-state index is 12.5. The number of carbonyl (C=O) groups excluding carboxylic acids is 2. The molecule has 0 spiro atoms. The number of nitro benzene ring substituents is 1. The molecule has 0 fully saturated rings. The Morgan fingerprint density at radius 3 is 2.45 bits per heavy atom. The van der Waals surface area contributed by atoms with Crippen LogP contribution in [0.15, 0.2) is 71.0 Å². The Bertz CT molecular complexity index is 1730. The highest BCUT2D eigenvalue weighted by Crippen LogP contribution is 2.37. The Morgan fingerprint density at radius 2 is 1.78 bits per heavy atom. The zero-order valence-electron chi connectivity index (χ0n) is 27.2. The number of nitrogens with one attached hydrogen (secondary N) is 3. The van der Waals surface area contributed by atoms with Crippen LogP contribution in [-0.4, -0.2) is 61.4 Å². The second kappa shape index (κ2) is 17.0. The van der Waals surface area contributed by atoms with E-state index < -0.39 is 29.2 Å². The van der Waals surface area contributed by atoms with Gasteiger partial charge in [0, 0.05) is 17.8 Å². The SMILES string of the molecule is CCOc1cc([C@H]2NC(=O)NC(C)=C2C(=O)OC)ccc1OC[C@H](O)N/N=C\c1cc(Cl)c(OCc2ccc([N+](=O)[O-])cc2)c(OCC)c1. The summed E-state index contributed by atoms with van der Waals surface area (Å²) >= 11 is 6.50. The van der Waals surface area contributed by atoms with Crippen molar-refractivity contribution < 1.29 is 43.3 Å². The van der Waals surface area contributed by atoms with E-state index in [2.05, 4.69) is 21.2 Å². The summed E-state index contributed by atoms with van der Waals surface area (Å²) in [5.74, 6) is 0.713. The van der Waals surface area contributed by atoms with Gasteiger partial charge in [-0.15, -0.1) is 0 Å². The van der Waals surface area contributed by atoms with Gasteiger partial charge in [-0.2, -0.15) is 5.10 Å². The van der Waals surface area contributed by atoms with E-state index in [1.807, 2.05) is 0 Å². The van der Waals surface area contributed by atoms with Crippen LogP contribution >= 0.6 is 11.6 Å². The topological polar surface area (TPSA) is 192 Å². The third-order valence-corrected chi connectivity index (χ3v) is 7.25. The van der Waals surface area contributed by atoms with Gasteiger partial charge in [0.1, 0.15) is 13.2 Å². The minimum atomic E-state index is -1.23. The van der Waals surface area contributed by atoms with E-state index >= 15 is 0 Å². The second-order valence-electron chi connectivity index (χ2n) is 10.4. The Hall–Kier alpha value is -5.54. The molecule has 0 saturated carbocycles. The van der Waals surface area contributed by atoms with Gasteiger partial charge in [0.05, 0.1) is 48.1 Å². The zero-order valence-corrected chi connectivity index (χ0v) is 27.9. The number of hydrogen-bond acceptors (Lipinski definition) is 12.